The summed E-state index contributed by atoms with van der Waals surface area (Å²) in [6.45, 7) is 0.659. The van der Waals surface area contributed by atoms with E-state index in [4.69, 9.17) is 5.90 Å². The van der Waals surface area contributed by atoms with Gasteiger partial charge in [0.05, 0.1) is 10.4 Å². The second-order valence-electron chi connectivity index (χ2n) is 2.53. The first kappa shape index (κ1) is 10.2. The molecule has 0 aromatic carbocycles. The third kappa shape index (κ3) is 3.67. The minimum atomic E-state index is 0.659. The molecule has 0 radical (unpaired) electrons. The molecular formula is C8H12BrNOS. The quantitative estimate of drug-likeness (QED) is 0.644. The Bertz CT molecular complexity index is 227. The minimum Gasteiger partial charge on any atom is -0.305 e. The van der Waals surface area contributed by atoms with E-state index in [0.717, 1.165) is 19.3 Å². The van der Waals surface area contributed by atoms with Crippen LogP contribution in [0, 0.1) is 0 Å². The summed E-state index contributed by atoms with van der Waals surface area (Å²) < 4.78 is 1.20. The van der Waals surface area contributed by atoms with Crippen LogP contribution in [0.3, 0.4) is 0 Å². The summed E-state index contributed by atoms with van der Waals surface area (Å²) in [5.41, 5.74) is 0. The van der Waals surface area contributed by atoms with Crippen molar-refractivity contribution in [3.05, 3.63) is 20.8 Å². The van der Waals surface area contributed by atoms with Gasteiger partial charge in [0, 0.05) is 4.88 Å². The molecule has 0 aliphatic rings. The molecule has 1 heterocycles. The van der Waals surface area contributed by atoms with E-state index in [1.165, 1.54) is 8.66 Å². The highest BCUT2D eigenvalue weighted by atomic mass is 79.9. The van der Waals surface area contributed by atoms with Gasteiger partial charge in [-0.15, -0.1) is 11.3 Å². The lowest BCUT2D eigenvalue weighted by molar-refractivity contribution is 0.134. The first-order valence-electron chi connectivity index (χ1n) is 3.89. The predicted molar refractivity (Wildman–Crippen MR) is 55.1 cm³/mol. The lowest BCUT2D eigenvalue weighted by atomic mass is 10.2. The fourth-order valence-electron chi connectivity index (χ4n) is 0.971. The molecule has 1 rings (SSSR count). The van der Waals surface area contributed by atoms with E-state index in [2.05, 4.69) is 32.9 Å². The van der Waals surface area contributed by atoms with E-state index in [-0.39, 0.29) is 0 Å². The van der Waals surface area contributed by atoms with E-state index in [1.54, 1.807) is 11.3 Å². The molecule has 2 nitrogen and oxygen atoms in total. The number of thiophene rings is 1. The molecule has 0 unspecified atom stereocenters. The minimum absolute atomic E-state index is 0.659. The Balaban J connectivity index is 2.15. The fourth-order valence-corrected chi connectivity index (χ4v) is 2.50. The van der Waals surface area contributed by atoms with Gasteiger partial charge in [0.25, 0.3) is 0 Å². The lowest BCUT2D eigenvalue weighted by Gasteiger charge is -1.96. The Kier molecular flexibility index (Phi) is 4.83. The van der Waals surface area contributed by atoms with E-state index in [0.29, 0.717) is 6.61 Å². The third-order valence-electron chi connectivity index (χ3n) is 1.56. The molecule has 4 heteroatoms. The smallest absolute Gasteiger partial charge is 0.0701 e. The molecule has 0 aliphatic carbocycles. The van der Waals surface area contributed by atoms with Crippen LogP contribution in [-0.2, 0) is 11.3 Å². The Morgan fingerprint density at radius 3 is 2.83 bits per heavy atom. The molecule has 1 aromatic heterocycles. The van der Waals surface area contributed by atoms with Crippen molar-refractivity contribution in [3.8, 4) is 0 Å². The average molecular weight is 250 g/mol. The molecule has 2 N–H and O–H groups in total. The molecule has 0 amide bonds. The molecule has 1 aromatic rings. The standard InChI is InChI=1S/C8H12BrNOS/c9-8-5-4-7(12-8)3-1-2-6-11-10/h4-5H,1-3,6,10H2. The van der Waals surface area contributed by atoms with Crippen LogP contribution < -0.4 is 5.90 Å². The van der Waals surface area contributed by atoms with Crippen LogP contribution in [0.15, 0.2) is 15.9 Å². The zero-order valence-electron chi connectivity index (χ0n) is 6.75. The Labute approximate surface area is 84.8 Å². The zero-order valence-corrected chi connectivity index (χ0v) is 9.16. The topological polar surface area (TPSA) is 35.2 Å². The molecule has 0 saturated heterocycles. The zero-order chi connectivity index (χ0) is 8.81. The van der Waals surface area contributed by atoms with Gasteiger partial charge in [0.15, 0.2) is 0 Å². The van der Waals surface area contributed by atoms with E-state index in [1.807, 2.05) is 0 Å². The number of aryl methyl sites for hydroxylation is 1. The van der Waals surface area contributed by atoms with Gasteiger partial charge < -0.3 is 4.84 Å². The monoisotopic (exact) mass is 249 g/mol. The van der Waals surface area contributed by atoms with Gasteiger partial charge in [-0.2, -0.15) is 0 Å². The largest absolute Gasteiger partial charge is 0.305 e. The second-order valence-corrected chi connectivity index (χ2v) is 5.08. The van der Waals surface area contributed by atoms with Crippen molar-refractivity contribution >= 4 is 27.3 Å². The molecule has 0 spiro atoms. The van der Waals surface area contributed by atoms with Crippen LogP contribution in [0.25, 0.3) is 0 Å². The van der Waals surface area contributed by atoms with Gasteiger partial charge in [-0.3, -0.25) is 0 Å². The Morgan fingerprint density at radius 1 is 1.42 bits per heavy atom. The maximum atomic E-state index is 4.91. The highest BCUT2D eigenvalue weighted by Crippen LogP contribution is 2.23. The lowest BCUT2D eigenvalue weighted by Crippen LogP contribution is -2.00. The van der Waals surface area contributed by atoms with Crippen molar-refractivity contribution < 1.29 is 4.84 Å². The fraction of sp³-hybridized carbons (Fsp3) is 0.500. The maximum absolute atomic E-state index is 4.91. The van der Waals surface area contributed by atoms with Gasteiger partial charge in [0.1, 0.15) is 0 Å². The first-order chi connectivity index (χ1) is 5.83. The number of rotatable bonds is 5. The normalized spacial score (nSPS) is 10.5. The molecule has 0 bridgehead atoms. The van der Waals surface area contributed by atoms with Gasteiger partial charge in [-0.25, -0.2) is 5.90 Å². The van der Waals surface area contributed by atoms with Crippen LogP contribution in [-0.4, -0.2) is 6.61 Å². The van der Waals surface area contributed by atoms with E-state index in [9.17, 15) is 0 Å². The summed E-state index contributed by atoms with van der Waals surface area (Å²) in [5, 5.41) is 0. The predicted octanol–water partition coefficient (Wildman–Crippen LogP) is 2.72. The molecule has 0 atom stereocenters. The summed E-state index contributed by atoms with van der Waals surface area (Å²) in [5.74, 6) is 4.91. The van der Waals surface area contributed by atoms with Crippen LogP contribution in [0.2, 0.25) is 0 Å². The van der Waals surface area contributed by atoms with Crippen LogP contribution in [0.4, 0.5) is 0 Å². The van der Waals surface area contributed by atoms with Crippen LogP contribution in [0.5, 0.6) is 0 Å². The summed E-state index contributed by atoms with van der Waals surface area (Å²) in [6.07, 6.45) is 3.30. The Morgan fingerprint density at radius 2 is 2.25 bits per heavy atom. The highest BCUT2D eigenvalue weighted by molar-refractivity contribution is 9.11. The second kappa shape index (κ2) is 5.70. The maximum Gasteiger partial charge on any atom is 0.0701 e. The van der Waals surface area contributed by atoms with Crippen molar-refractivity contribution in [2.45, 2.75) is 19.3 Å². The van der Waals surface area contributed by atoms with Gasteiger partial charge in [-0.1, -0.05) is 0 Å². The number of hydrogen-bond acceptors (Lipinski definition) is 3. The molecule has 0 fully saturated rings. The number of unbranched alkanes of at least 4 members (excludes halogenated alkanes) is 1. The van der Waals surface area contributed by atoms with Gasteiger partial charge >= 0.3 is 0 Å². The van der Waals surface area contributed by atoms with Crippen LogP contribution >= 0.6 is 27.3 Å². The summed E-state index contributed by atoms with van der Waals surface area (Å²) >= 11 is 5.22. The van der Waals surface area contributed by atoms with Gasteiger partial charge in [-0.05, 0) is 47.3 Å². The summed E-state index contributed by atoms with van der Waals surface area (Å²) in [7, 11) is 0. The molecular weight excluding hydrogens is 238 g/mol. The third-order valence-corrected chi connectivity index (χ3v) is 3.25. The number of hydrogen-bond donors (Lipinski definition) is 1. The van der Waals surface area contributed by atoms with Crippen molar-refractivity contribution in [2.75, 3.05) is 6.61 Å². The average Bonchev–Trinajstić information content (AvgIpc) is 2.45. The highest BCUT2D eigenvalue weighted by Gasteiger charge is 1.96. The van der Waals surface area contributed by atoms with Gasteiger partial charge in [0.2, 0.25) is 0 Å². The van der Waals surface area contributed by atoms with Crippen molar-refractivity contribution in [1.29, 1.82) is 0 Å². The van der Waals surface area contributed by atoms with Crippen molar-refractivity contribution in [1.82, 2.24) is 0 Å². The van der Waals surface area contributed by atoms with Crippen molar-refractivity contribution in [2.24, 2.45) is 5.90 Å². The van der Waals surface area contributed by atoms with Crippen molar-refractivity contribution in [3.63, 3.8) is 0 Å². The van der Waals surface area contributed by atoms with E-state index < -0.39 is 0 Å². The van der Waals surface area contributed by atoms with Crippen LogP contribution in [0.1, 0.15) is 17.7 Å². The molecule has 0 saturated carbocycles. The first-order valence-corrected chi connectivity index (χ1v) is 5.50. The SMILES string of the molecule is NOCCCCc1ccc(Br)s1. The summed E-state index contributed by atoms with van der Waals surface area (Å²) in [6, 6.07) is 4.23. The number of nitrogens with two attached hydrogens (primary N) is 1. The molecule has 68 valence electrons. The summed E-state index contributed by atoms with van der Waals surface area (Å²) in [4.78, 5) is 5.89. The molecule has 12 heavy (non-hydrogen) atoms. The number of halogens is 1. The van der Waals surface area contributed by atoms with E-state index >= 15 is 0 Å². The molecule has 0 aliphatic heterocycles. The Hall–Kier alpha value is 0.1000.